The normalized spacial score (nSPS) is 11.9. The first-order valence-corrected chi connectivity index (χ1v) is 14.9. The van der Waals surface area contributed by atoms with Crippen LogP contribution in [0, 0.1) is 0 Å². The number of hydrogen-bond acceptors (Lipinski definition) is 1. The van der Waals surface area contributed by atoms with Crippen LogP contribution in [0.15, 0.2) is 146 Å². The second-order valence-electron chi connectivity index (χ2n) is 10.9. The Bertz CT molecular complexity index is 2460. The SMILES string of the molecule is c1ccc(-c2cc3c4ccccc4c(-c4ccc5sc6cc7ccccc7cc6c5c4)cc3c3ccccc23)cc1. The van der Waals surface area contributed by atoms with E-state index in [2.05, 4.69) is 146 Å². The quantitative estimate of drug-likeness (QED) is 0.193. The van der Waals surface area contributed by atoms with Crippen LogP contribution in [0.3, 0.4) is 0 Å². The van der Waals surface area contributed by atoms with Gasteiger partial charge in [-0.15, -0.1) is 11.3 Å². The van der Waals surface area contributed by atoms with Gasteiger partial charge in [0, 0.05) is 20.2 Å². The van der Waals surface area contributed by atoms with E-state index in [0.29, 0.717) is 0 Å². The lowest BCUT2D eigenvalue weighted by Crippen LogP contribution is -1.89. The molecule has 0 atom stereocenters. The Hall–Kier alpha value is -4.98. The van der Waals surface area contributed by atoms with Crippen LogP contribution in [0.25, 0.3) is 85.5 Å². The van der Waals surface area contributed by atoms with E-state index in [0.717, 1.165) is 0 Å². The smallest absolute Gasteiger partial charge is 0.0361 e. The van der Waals surface area contributed by atoms with Crippen LogP contribution in [-0.4, -0.2) is 0 Å². The first-order chi connectivity index (χ1) is 20.3. The topological polar surface area (TPSA) is 0 Å². The van der Waals surface area contributed by atoms with Gasteiger partial charge in [0.25, 0.3) is 0 Å². The third-order valence-electron chi connectivity index (χ3n) is 8.62. The Kier molecular flexibility index (Phi) is 4.87. The van der Waals surface area contributed by atoms with Gasteiger partial charge in [0.1, 0.15) is 0 Å². The standard InChI is InChI=1S/C40H24S/c1-2-10-25(11-3-1)33-23-35-32-17-9-7-15-30(32)34(24-36(35)31-16-8-6-14-29(31)33)28-18-19-39-37(21-28)38-20-26-12-4-5-13-27(26)22-40(38)41-39/h1-24H. The molecule has 0 saturated heterocycles. The average molecular weight is 537 g/mol. The molecule has 0 spiro atoms. The van der Waals surface area contributed by atoms with Gasteiger partial charge in [-0.1, -0.05) is 109 Å². The van der Waals surface area contributed by atoms with E-state index in [1.807, 2.05) is 11.3 Å². The molecule has 1 aromatic heterocycles. The predicted octanol–water partition coefficient (Wildman–Crippen LogP) is 12.0. The summed E-state index contributed by atoms with van der Waals surface area (Å²) in [7, 11) is 0. The largest absolute Gasteiger partial charge is 0.135 e. The maximum atomic E-state index is 2.43. The minimum atomic E-state index is 1.25. The van der Waals surface area contributed by atoms with Crippen molar-refractivity contribution < 1.29 is 0 Å². The molecular formula is C40H24S. The Morgan fingerprint density at radius 2 is 0.829 bits per heavy atom. The molecule has 190 valence electrons. The van der Waals surface area contributed by atoms with Crippen LogP contribution in [0.2, 0.25) is 0 Å². The molecule has 0 N–H and O–H groups in total. The molecule has 0 aliphatic rings. The molecular weight excluding hydrogens is 513 g/mol. The summed E-state index contributed by atoms with van der Waals surface area (Å²) in [4.78, 5) is 0. The van der Waals surface area contributed by atoms with Crippen molar-refractivity contribution in [3.05, 3.63) is 146 Å². The lowest BCUT2D eigenvalue weighted by atomic mass is 9.87. The zero-order valence-corrected chi connectivity index (χ0v) is 23.1. The van der Waals surface area contributed by atoms with Gasteiger partial charge in [0.2, 0.25) is 0 Å². The minimum Gasteiger partial charge on any atom is -0.135 e. The van der Waals surface area contributed by atoms with Crippen molar-refractivity contribution in [1.29, 1.82) is 0 Å². The summed E-state index contributed by atoms with van der Waals surface area (Å²) in [5.41, 5.74) is 5.08. The summed E-state index contributed by atoms with van der Waals surface area (Å²) in [5.74, 6) is 0. The van der Waals surface area contributed by atoms with E-state index in [1.54, 1.807) is 0 Å². The minimum absolute atomic E-state index is 1.25. The number of rotatable bonds is 2. The summed E-state index contributed by atoms with van der Waals surface area (Å²) in [6.45, 7) is 0. The van der Waals surface area contributed by atoms with E-state index in [9.17, 15) is 0 Å². The first kappa shape index (κ1) is 22.8. The lowest BCUT2D eigenvalue weighted by Gasteiger charge is -2.16. The van der Waals surface area contributed by atoms with Gasteiger partial charge in [-0.3, -0.25) is 0 Å². The lowest BCUT2D eigenvalue weighted by molar-refractivity contribution is 1.67. The molecule has 1 heteroatoms. The van der Waals surface area contributed by atoms with Gasteiger partial charge in [0.05, 0.1) is 0 Å². The highest BCUT2D eigenvalue weighted by molar-refractivity contribution is 7.25. The molecule has 0 amide bonds. The average Bonchev–Trinajstić information content (AvgIpc) is 3.39. The van der Waals surface area contributed by atoms with Gasteiger partial charge in [-0.05, 0) is 102 Å². The molecule has 0 nitrogen and oxygen atoms in total. The molecule has 9 aromatic rings. The van der Waals surface area contributed by atoms with Crippen molar-refractivity contribution in [3.8, 4) is 22.3 Å². The molecule has 0 aliphatic carbocycles. The van der Waals surface area contributed by atoms with Crippen LogP contribution in [0.1, 0.15) is 0 Å². The number of benzene rings is 8. The monoisotopic (exact) mass is 536 g/mol. The summed E-state index contributed by atoms with van der Waals surface area (Å²) >= 11 is 1.89. The van der Waals surface area contributed by atoms with Crippen LogP contribution in [0.4, 0.5) is 0 Å². The number of fused-ring (bicyclic) bond motifs is 9. The van der Waals surface area contributed by atoms with Gasteiger partial charge in [0.15, 0.2) is 0 Å². The van der Waals surface area contributed by atoms with Crippen LogP contribution < -0.4 is 0 Å². The first-order valence-electron chi connectivity index (χ1n) is 14.1. The van der Waals surface area contributed by atoms with Crippen molar-refractivity contribution in [3.63, 3.8) is 0 Å². The highest BCUT2D eigenvalue weighted by Gasteiger charge is 2.15. The fourth-order valence-corrected chi connectivity index (χ4v) is 7.79. The molecule has 41 heavy (non-hydrogen) atoms. The molecule has 0 bridgehead atoms. The van der Waals surface area contributed by atoms with Gasteiger partial charge in [-0.2, -0.15) is 0 Å². The highest BCUT2D eigenvalue weighted by atomic mass is 32.1. The van der Waals surface area contributed by atoms with Crippen LogP contribution in [0.5, 0.6) is 0 Å². The van der Waals surface area contributed by atoms with E-state index >= 15 is 0 Å². The third kappa shape index (κ3) is 3.46. The Labute approximate surface area is 241 Å². The summed E-state index contributed by atoms with van der Waals surface area (Å²) in [5, 5.41) is 13.0. The molecule has 0 fully saturated rings. The van der Waals surface area contributed by atoms with Gasteiger partial charge in [-0.25, -0.2) is 0 Å². The molecule has 0 unspecified atom stereocenters. The Balaban J connectivity index is 1.36. The maximum Gasteiger partial charge on any atom is 0.0361 e. The highest BCUT2D eigenvalue weighted by Crippen LogP contribution is 2.43. The Morgan fingerprint density at radius 3 is 1.51 bits per heavy atom. The van der Waals surface area contributed by atoms with Crippen molar-refractivity contribution in [2.45, 2.75) is 0 Å². The fourth-order valence-electron chi connectivity index (χ4n) is 6.68. The molecule has 1 heterocycles. The van der Waals surface area contributed by atoms with Crippen molar-refractivity contribution in [1.82, 2.24) is 0 Å². The predicted molar refractivity (Wildman–Crippen MR) is 180 cm³/mol. The van der Waals surface area contributed by atoms with Crippen molar-refractivity contribution in [2.24, 2.45) is 0 Å². The zero-order chi connectivity index (χ0) is 26.9. The number of thiophene rings is 1. The molecule has 0 radical (unpaired) electrons. The fraction of sp³-hybridized carbons (Fsp3) is 0. The molecule has 9 rings (SSSR count). The van der Waals surface area contributed by atoms with E-state index in [-0.39, 0.29) is 0 Å². The third-order valence-corrected chi connectivity index (χ3v) is 9.75. The second-order valence-corrected chi connectivity index (χ2v) is 12.0. The van der Waals surface area contributed by atoms with Gasteiger partial charge >= 0.3 is 0 Å². The second kappa shape index (κ2) is 8.76. The summed E-state index contributed by atoms with van der Waals surface area (Å²) < 4.78 is 2.68. The van der Waals surface area contributed by atoms with Crippen molar-refractivity contribution in [2.75, 3.05) is 0 Å². The summed E-state index contributed by atoms with van der Waals surface area (Å²) in [6.07, 6.45) is 0. The van der Waals surface area contributed by atoms with Crippen molar-refractivity contribution >= 4 is 74.6 Å². The van der Waals surface area contributed by atoms with Gasteiger partial charge < -0.3 is 0 Å². The summed E-state index contributed by atoms with van der Waals surface area (Å²) in [6, 6.07) is 53.8. The van der Waals surface area contributed by atoms with E-state index in [1.165, 1.54) is 85.5 Å². The Morgan fingerprint density at radius 1 is 0.293 bits per heavy atom. The molecule has 0 saturated carbocycles. The number of hydrogen-bond donors (Lipinski definition) is 0. The maximum absolute atomic E-state index is 2.43. The van der Waals surface area contributed by atoms with E-state index in [4.69, 9.17) is 0 Å². The zero-order valence-electron chi connectivity index (χ0n) is 22.3. The molecule has 0 aliphatic heterocycles. The molecule has 8 aromatic carbocycles. The van der Waals surface area contributed by atoms with Crippen LogP contribution >= 0.6 is 11.3 Å². The van der Waals surface area contributed by atoms with Crippen LogP contribution in [-0.2, 0) is 0 Å². The van der Waals surface area contributed by atoms with E-state index < -0.39 is 0 Å².